The van der Waals surface area contributed by atoms with Crippen molar-refractivity contribution >= 4 is 17.9 Å². The van der Waals surface area contributed by atoms with E-state index in [2.05, 4.69) is 106 Å². The van der Waals surface area contributed by atoms with Crippen LogP contribution in [-0.2, 0) is 28.6 Å². The zero-order valence-corrected chi connectivity index (χ0v) is 36.8. The molecule has 0 aliphatic carbocycles. The molecule has 0 saturated carbocycles. The number of rotatable bonds is 40. The lowest BCUT2D eigenvalue weighted by Gasteiger charge is -2.18. The molecule has 0 rings (SSSR count). The minimum Gasteiger partial charge on any atom is -0.462 e. The predicted octanol–water partition coefficient (Wildman–Crippen LogP) is 14.9. The Kier molecular flexibility index (Phi) is 42.6. The normalized spacial score (nSPS) is 12.8. The summed E-state index contributed by atoms with van der Waals surface area (Å²) in [6.07, 6.45) is 57.2. The Morgan fingerprint density at radius 1 is 0.386 bits per heavy atom. The van der Waals surface area contributed by atoms with E-state index in [9.17, 15) is 14.4 Å². The lowest BCUT2D eigenvalue weighted by molar-refractivity contribution is -0.167. The van der Waals surface area contributed by atoms with Crippen molar-refractivity contribution in [2.24, 2.45) is 0 Å². The number of carbonyl (C=O) groups is 3. The first-order valence-corrected chi connectivity index (χ1v) is 23.1. The molecule has 0 aromatic rings. The van der Waals surface area contributed by atoms with Crippen LogP contribution in [0.2, 0.25) is 0 Å². The topological polar surface area (TPSA) is 78.9 Å². The van der Waals surface area contributed by atoms with Crippen LogP contribution in [0.1, 0.15) is 201 Å². The minimum absolute atomic E-state index is 0.111. The lowest BCUT2D eigenvalue weighted by atomic mass is 10.1. The summed E-state index contributed by atoms with van der Waals surface area (Å²) in [6.45, 7) is 6.30. The van der Waals surface area contributed by atoms with Gasteiger partial charge in [-0.05, 0) is 103 Å². The van der Waals surface area contributed by atoms with Gasteiger partial charge in [-0.1, -0.05) is 164 Å². The third kappa shape index (κ3) is 43.6. The molecule has 6 nitrogen and oxygen atoms in total. The van der Waals surface area contributed by atoms with Gasteiger partial charge in [0.25, 0.3) is 0 Å². The Bertz CT molecular complexity index is 1140. The Balaban J connectivity index is 4.47. The lowest BCUT2D eigenvalue weighted by Crippen LogP contribution is -2.30. The van der Waals surface area contributed by atoms with Crippen molar-refractivity contribution < 1.29 is 28.6 Å². The van der Waals surface area contributed by atoms with Crippen LogP contribution in [0.4, 0.5) is 0 Å². The van der Waals surface area contributed by atoms with E-state index in [1.54, 1.807) is 0 Å². The van der Waals surface area contributed by atoms with Crippen LogP contribution in [-0.4, -0.2) is 37.2 Å². The number of hydrogen-bond donors (Lipinski definition) is 0. The van der Waals surface area contributed by atoms with Gasteiger partial charge >= 0.3 is 17.9 Å². The highest BCUT2D eigenvalue weighted by atomic mass is 16.6. The maximum absolute atomic E-state index is 12.7. The number of ether oxygens (including phenoxy) is 3. The second-order valence-electron chi connectivity index (χ2n) is 14.9. The molecular formula is C51H84O6. The molecule has 6 heteroatoms. The molecule has 0 heterocycles. The quantitative estimate of drug-likeness (QED) is 0.0202. The Labute approximate surface area is 350 Å². The van der Waals surface area contributed by atoms with Gasteiger partial charge in [-0.15, -0.1) is 0 Å². The fourth-order valence-electron chi connectivity index (χ4n) is 5.95. The largest absolute Gasteiger partial charge is 0.462 e. The highest BCUT2D eigenvalue weighted by Crippen LogP contribution is 2.12. The average molecular weight is 793 g/mol. The Morgan fingerprint density at radius 3 is 1.23 bits per heavy atom. The van der Waals surface area contributed by atoms with Gasteiger partial charge in [-0.3, -0.25) is 14.4 Å². The molecule has 0 fully saturated rings. The van der Waals surface area contributed by atoms with Gasteiger partial charge in [0.15, 0.2) is 6.10 Å². The van der Waals surface area contributed by atoms with Crippen molar-refractivity contribution in [3.05, 3.63) is 85.1 Å². The zero-order valence-electron chi connectivity index (χ0n) is 36.8. The molecule has 0 N–H and O–H groups in total. The van der Waals surface area contributed by atoms with Crippen LogP contribution < -0.4 is 0 Å². The standard InChI is InChI=1S/C51H84O6/c1-4-7-10-13-16-19-21-23-25-26-28-29-32-35-38-41-44-50(53)56-47-48(46-55-49(52)43-40-37-34-31-18-15-12-9-6-3)57-51(54)45-42-39-36-33-30-27-24-22-20-17-14-11-8-5-2/h8-9,11-12,17-18,20,24-29,31,48H,4-7,10,13-16,19,21-23,30,32-47H2,1-3H3/b11-8-,12-9-,20-17-,26-25-,27-24-,29-28-,31-18-. The van der Waals surface area contributed by atoms with Crippen molar-refractivity contribution in [2.45, 2.75) is 207 Å². The van der Waals surface area contributed by atoms with E-state index >= 15 is 0 Å². The molecule has 0 bridgehead atoms. The molecule has 0 spiro atoms. The van der Waals surface area contributed by atoms with E-state index in [1.165, 1.54) is 44.9 Å². The summed E-state index contributed by atoms with van der Waals surface area (Å²) < 4.78 is 16.6. The van der Waals surface area contributed by atoms with Crippen LogP contribution in [0.3, 0.4) is 0 Å². The Hall–Kier alpha value is -3.41. The van der Waals surface area contributed by atoms with E-state index in [0.29, 0.717) is 12.8 Å². The fraction of sp³-hybridized carbons (Fsp3) is 0.667. The highest BCUT2D eigenvalue weighted by Gasteiger charge is 2.19. The number of esters is 3. The molecule has 0 aromatic carbocycles. The summed E-state index contributed by atoms with van der Waals surface area (Å²) in [6, 6.07) is 0. The summed E-state index contributed by atoms with van der Waals surface area (Å²) >= 11 is 0. The third-order valence-electron chi connectivity index (χ3n) is 9.39. The summed E-state index contributed by atoms with van der Waals surface area (Å²) in [5.74, 6) is -1.00. The first-order chi connectivity index (χ1) is 28.0. The molecule has 0 radical (unpaired) electrons. The van der Waals surface area contributed by atoms with Gasteiger partial charge < -0.3 is 14.2 Å². The van der Waals surface area contributed by atoms with Crippen LogP contribution in [0.15, 0.2) is 85.1 Å². The van der Waals surface area contributed by atoms with Crippen LogP contribution >= 0.6 is 0 Å². The molecule has 57 heavy (non-hydrogen) atoms. The van der Waals surface area contributed by atoms with E-state index in [0.717, 1.165) is 116 Å². The Morgan fingerprint density at radius 2 is 0.737 bits per heavy atom. The van der Waals surface area contributed by atoms with Crippen molar-refractivity contribution in [1.29, 1.82) is 0 Å². The highest BCUT2D eigenvalue weighted by molar-refractivity contribution is 5.71. The summed E-state index contributed by atoms with van der Waals surface area (Å²) in [5.41, 5.74) is 0. The van der Waals surface area contributed by atoms with Crippen LogP contribution in [0.25, 0.3) is 0 Å². The van der Waals surface area contributed by atoms with E-state index in [4.69, 9.17) is 14.2 Å². The second kappa shape index (κ2) is 45.3. The van der Waals surface area contributed by atoms with Gasteiger partial charge in [0.05, 0.1) is 0 Å². The maximum Gasteiger partial charge on any atom is 0.306 e. The first-order valence-electron chi connectivity index (χ1n) is 23.1. The smallest absolute Gasteiger partial charge is 0.306 e. The van der Waals surface area contributed by atoms with Gasteiger partial charge in [0.2, 0.25) is 0 Å². The molecule has 1 unspecified atom stereocenters. The van der Waals surface area contributed by atoms with E-state index in [-0.39, 0.29) is 37.5 Å². The zero-order chi connectivity index (χ0) is 41.5. The molecule has 1 atom stereocenters. The minimum atomic E-state index is -0.810. The average Bonchev–Trinajstić information content (AvgIpc) is 3.21. The molecule has 0 saturated heterocycles. The number of unbranched alkanes of at least 4 members (excludes halogenated alkanes) is 16. The van der Waals surface area contributed by atoms with Gasteiger partial charge in [-0.25, -0.2) is 0 Å². The number of hydrogen-bond acceptors (Lipinski definition) is 6. The van der Waals surface area contributed by atoms with Gasteiger partial charge in [0, 0.05) is 19.3 Å². The van der Waals surface area contributed by atoms with Gasteiger partial charge in [-0.2, -0.15) is 0 Å². The SMILES string of the molecule is CC/C=C\C/C=C\C/C=C\CCCCCCC(=O)OC(COC(=O)CCCC/C=C\C/C=C\CC)COC(=O)CCCCC/C=C\C=C/CCCCCCCCC. The molecule has 0 aliphatic rings. The van der Waals surface area contributed by atoms with Crippen LogP contribution in [0, 0.1) is 0 Å². The summed E-state index contributed by atoms with van der Waals surface area (Å²) in [5, 5.41) is 0. The van der Waals surface area contributed by atoms with Crippen molar-refractivity contribution in [3.8, 4) is 0 Å². The second-order valence-corrected chi connectivity index (χ2v) is 14.9. The van der Waals surface area contributed by atoms with Crippen molar-refractivity contribution in [1.82, 2.24) is 0 Å². The number of carbonyl (C=O) groups excluding carboxylic acids is 3. The summed E-state index contributed by atoms with van der Waals surface area (Å²) in [7, 11) is 0. The van der Waals surface area contributed by atoms with Gasteiger partial charge in [0.1, 0.15) is 13.2 Å². The molecule has 324 valence electrons. The monoisotopic (exact) mass is 793 g/mol. The molecular weight excluding hydrogens is 709 g/mol. The molecule has 0 aliphatic heterocycles. The maximum atomic E-state index is 12.7. The number of allylic oxidation sites excluding steroid dienone is 14. The molecule has 0 aromatic heterocycles. The predicted molar refractivity (Wildman–Crippen MR) is 242 cm³/mol. The first kappa shape index (κ1) is 53.6. The van der Waals surface area contributed by atoms with E-state index in [1.807, 2.05) is 0 Å². The third-order valence-corrected chi connectivity index (χ3v) is 9.39. The molecule has 0 amide bonds. The van der Waals surface area contributed by atoms with Crippen LogP contribution in [0.5, 0.6) is 0 Å². The van der Waals surface area contributed by atoms with E-state index < -0.39 is 6.10 Å². The summed E-state index contributed by atoms with van der Waals surface area (Å²) in [4.78, 5) is 37.7. The van der Waals surface area contributed by atoms with Crippen molar-refractivity contribution in [2.75, 3.05) is 13.2 Å². The fourth-order valence-corrected chi connectivity index (χ4v) is 5.95. The van der Waals surface area contributed by atoms with Crippen molar-refractivity contribution in [3.63, 3.8) is 0 Å².